The summed E-state index contributed by atoms with van der Waals surface area (Å²) in [6.45, 7) is 1.43. The van der Waals surface area contributed by atoms with Crippen molar-refractivity contribution in [3.05, 3.63) is 70.3 Å². The molecule has 2 aromatic rings. The molecule has 1 unspecified atom stereocenters. The van der Waals surface area contributed by atoms with E-state index in [1.165, 1.54) is 18.2 Å². The molecule has 2 bridgehead atoms. The van der Waals surface area contributed by atoms with Gasteiger partial charge in [-0.15, -0.1) is 0 Å². The van der Waals surface area contributed by atoms with Crippen molar-refractivity contribution < 1.29 is 17.9 Å². The second-order valence-corrected chi connectivity index (χ2v) is 7.50. The highest BCUT2D eigenvalue weighted by molar-refractivity contribution is 6.12. The molecule has 1 atom stereocenters. The minimum atomic E-state index is -2.82. The van der Waals surface area contributed by atoms with Crippen LogP contribution in [-0.2, 0) is 0 Å². The zero-order valence-corrected chi connectivity index (χ0v) is 18.4. The van der Waals surface area contributed by atoms with Gasteiger partial charge in [0.25, 0.3) is 0 Å². The Morgan fingerprint density at radius 3 is 2.76 bits per heavy atom. The summed E-state index contributed by atoms with van der Waals surface area (Å²) < 4.78 is 46.1. The zero-order valence-electron chi connectivity index (χ0n) is 18.4. The lowest BCUT2D eigenvalue weighted by Gasteiger charge is -2.24. The lowest BCUT2D eigenvalue weighted by atomic mass is 9.90. The number of halogens is 3. The number of fused-ring (bicyclic) bond motifs is 3. The largest absolute Gasteiger partial charge is 0.482 e. The van der Waals surface area contributed by atoms with Crippen LogP contribution in [0.1, 0.15) is 43.1 Å². The maximum atomic E-state index is 14.1. The molecule has 33 heavy (non-hydrogen) atoms. The topological polar surface area (TPSA) is 122 Å². The van der Waals surface area contributed by atoms with Crippen molar-refractivity contribution in [1.82, 2.24) is 15.6 Å². The van der Waals surface area contributed by atoms with Crippen molar-refractivity contribution in [1.29, 1.82) is 5.41 Å². The van der Waals surface area contributed by atoms with E-state index in [9.17, 15) is 13.2 Å². The molecule has 1 aromatic carbocycles. The Morgan fingerprint density at radius 2 is 2.09 bits per heavy atom. The van der Waals surface area contributed by atoms with Gasteiger partial charge < -0.3 is 26.8 Å². The van der Waals surface area contributed by atoms with Crippen molar-refractivity contribution >= 4 is 17.2 Å². The van der Waals surface area contributed by atoms with E-state index in [1.807, 2.05) is 12.2 Å². The average molecular weight is 461 g/mol. The molecule has 0 saturated heterocycles. The van der Waals surface area contributed by atoms with Gasteiger partial charge in [-0.2, -0.15) is 8.78 Å². The van der Waals surface area contributed by atoms with Gasteiger partial charge in [-0.25, -0.2) is 9.37 Å². The first-order chi connectivity index (χ1) is 15.7. The molecule has 1 aliphatic rings. The molecule has 0 saturated carbocycles. The predicted molar refractivity (Wildman–Crippen MR) is 122 cm³/mol. The molecule has 0 fully saturated rings. The smallest absolute Gasteiger partial charge is 0.312 e. The lowest BCUT2D eigenvalue weighted by Crippen LogP contribution is -2.22. The Morgan fingerprint density at radius 1 is 1.33 bits per heavy atom. The van der Waals surface area contributed by atoms with Crippen LogP contribution in [0.25, 0.3) is 5.70 Å². The Balaban J connectivity index is 2.30. The molecule has 1 aliphatic heterocycles. The van der Waals surface area contributed by atoms with Gasteiger partial charge in [0.05, 0.1) is 5.71 Å². The van der Waals surface area contributed by atoms with Crippen LogP contribution in [0, 0.1) is 11.2 Å². The van der Waals surface area contributed by atoms with E-state index in [1.54, 1.807) is 19.2 Å². The maximum Gasteiger partial charge on any atom is 0.312 e. The molecule has 0 radical (unpaired) electrons. The predicted octanol–water partition coefficient (Wildman–Crippen LogP) is 3.69. The van der Waals surface area contributed by atoms with E-state index in [0.717, 1.165) is 6.20 Å². The van der Waals surface area contributed by atoms with Gasteiger partial charge in [-0.1, -0.05) is 0 Å². The molecular weight excluding hydrogens is 433 g/mol. The van der Waals surface area contributed by atoms with Gasteiger partial charge in [0.2, 0.25) is 0 Å². The summed E-state index contributed by atoms with van der Waals surface area (Å²) in [6.07, 6.45) is 2.05. The summed E-state index contributed by atoms with van der Waals surface area (Å²) >= 11 is 0. The number of nitrogens with one attached hydrogen (secondary N) is 3. The fraction of sp³-hybridized carbons (Fsp3) is 0.304. The first-order valence-electron chi connectivity index (χ1n) is 10.5. The number of hydrogen-bond acceptors (Lipinski definition) is 7. The third-order valence-corrected chi connectivity index (χ3v) is 5.26. The van der Waals surface area contributed by atoms with Crippen LogP contribution in [0.2, 0.25) is 0 Å². The fourth-order valence-corrected chi connectivity index (χ4v) is 3.69. The van der Waals surface area contributed by atoms with Crippen LogP contribution < -0.4 is 26.8 Å². The molecule has 7 nitrogen and oxygen atoms in total. The lowest BCUT2D eigenvalue weighted by molar-refractivity contribution is 0.125. The Bertz CT molecular complexity index is 1100. The molecule has 2 heterocycles. The Labute approximate surface area is 190 Å². The maximum absolute atomic E-state index is 14.1. The van der Waals surface area contributed by atoms with Gasteiger partial charge in [-0.3, -0.25) is 5.41 Å². The van der Waals surface area contributed by atoms with E-state index in [-0.39, 0.29) is 30.1 Å². The van der Waals surface area contributed by atoms with E-state index >= 15 is 0 Å². The first-order valence-corrected chi connectivity index (χ1v) is 10.5. The highest BCUT2D eigenvalue weighted by Gasteiger charge is 2.23. The molecule has 0 aliphatic carbocycles. The van der Waals surface area contributed by atoms with E-state index in [4.69, 9.17) is 21.6 Å². The highest BCUT2D eigenvalue weighted by Crippen LogP contribution is 2.33. The molecular formula is C23H27F3N6O. The number of nitrogens with two attached hydrogens (primary N) is 2. The first kappa shape index (κ1) is 24.1. The van der Waals surface area contributed by atoms with Gasteiger partial charge in [0.15, 0.2) is 11.6 Å². The molecule has 3 rings (SSSR count). The van der Waals surface area contributed by atoms with Crippen LogP contribution in [0.5, 0.6) is 5.75 Å². The minimum Gasteiger partial charge on any atom is -0.482 e. The number of aromatic nitrogens is 1. The number of pyridine rings is 1. The summed E-state index contributed by atoms with van der Waals surface area (Å²) in [4.78, 5) is 4.23. The number of hydrogen-bond donors (Lipinski definition) is 5. The number of benzene rings is 1. The van der Waals surface area contributed by atoms with Crippen molar-refractivity contribution in [2.45, 2.75) is 32.9 Å². The van der Waals surface area contributed by atoms with Crippen molar-refractivity contribution in [2.75, 3.05) is 18.8 Å². The van der Waals surface area contributed by atoms with E-state index in [2.05, 4.69) is 10.3 Å². The van der Waals surface area contributed by atoms with Crippen molar-refractivity contribution in [3.8, 4) is 5.75 Å². The monoisotopic (exact) mass is 460 g/mol. The second-order valence-electron chi connectivity index (χ2n) is 7.50. The Hall–Kier alpha value is -3.53. The van der Waals surface area contributed by atoms with Crippen LogP contribution >= 0.6 is 0 Å². The van der Waals surface area contributed by atoms with Crippen LogP contribution in [0.15, 0.2) is 47.8 Å². The SMILES string of the molecule is CCN/C1=C(\CN)C/C(=C/NC(F)F)C(=N)c2ccc(F)cc2C(C)Oc2cc1cnc2N. The number of rotatable bonds is 5. The van der Waals surface area contributed by atoms with Crippen LogP contribution in [0.4, 0.5) is 19.0 Å². The molecule has 10 heteroatoms. The standard InChI is InChI=1S/C23H27F3N6O/c1-3-30-21-13(9-27)6-14(10-32-23(25)26)20(28)17-5-4-16(24)8-18(17)12(2)33-19-7-15(21)11-31-22(19)29/h4-5,7-8,10-12,23,28,30,32H,3,6,9,27H2,1-2H3,(H2,29,31)/b14-10-,21-13-,28-20?. The summed E-state index contributed by atoms with van der Waals surface area (Å²) in [5, 5.41) is 14.0. The zero-order chi connectivity index (χ0) is 24.1. The average Bonchev–Trinajstić information content (AvgIpc) is 2.78. The van der Waals surface area contributed by atoms with Crippen molar-refractivity contribution in [2.24, 2.45) is 5.73 Å². The van der Waals surface area contributed by atoms with E-state index in [0.29, 0.717) is 40.3 Å². The molecule has 176 valence electrons. The molecule has 1 aromatic heterocycles. The normalized spacial score (nSPS) is 20.0. The third-order valence-electron chi connectivity index (χ3n) is 5.26. The Kier molecular flexibility index (Phi) is 7.59. The molecule has 0 spiro atoms. The quantitative estimate of drug-likeness (QED) is 0.434. The van der Waals surface area contributed by atoms with Gasteiger partial charge in [-0.05, 0) is 49.3 Å². The number of anilines is 1. The summed E-state index contributed by atoms with van der Waals surface area (Å²) in [5.41, 5.74) is 15.0. The summed E-state index contributed by atoms with van der Waals surface area (Å²) in [6, 6.07) is 5.61. The summed E-state index contributed by atoms with van der Waals surface area (Å²) in [5.74, 6) is -0.0658. The highest BCUT2D eigenvalue weighted by atomic mass is 19.3. The number of allylic oxidation sites excluding steroid dienone is 1. The van der Waals surface area contributed by atoms with Crippen LogP contribution in [0.3, 0.4) is 0 Å². The third kappa shape index (κ3) is 5.46. The van der Waals surface area contributed by atoms with E-state index < -0.39 is 18.5 Å². The fourth-order valence-electron chi connectivity index (χ4n) is 3.69. The minimum absolute atomic E-state index is 0.0503. The molecule has 0 amide bonds. The number of nitrogen functional groups attached to an aromatic ring is 1. The molecule has 7 N–H and O–H groups in total. The van der Waals surface area contributed by atoms with Crippen LogP contribution in [-0.4, -0.2) is 30.3 Å². The second kappa shape index (κ2) is 10.4. The van der Waals surface area contributed by atoms with Gasteiger partial charge in [0, 0.05) is 54.3 Å². The van der Waals surface area contributed by atoms with Crippen molar-refractivity contribution in [3.63, 3.8) is 0 Å². The summed E-state index contributed by atoms with van der Waals surface area (Å²) in [7, 11) is 0. The number of nitrogens with zero attached hydrogens (tertiary/aromatic N) is 1. The number of ether oxygens (including phenoxy) is 1. The number of alkyl halides is 2. The van der Waals surface area contributed by atoms with Gasteiger partial charge in [0.1, 0.15) is 11.9 Å². The van der Waals surface area contributed by atoms with Gasteiger partial charge >= 0.3 is 6.55 Å².